The van der Waals surface area contributed by atoms with Crippen molar-refractivity contribution >= 4 is 75.3 Å². The lowest BCUT2D eigenvalue weighted by Crippen LogP contribution is -2.00. The predicted molar refractivity (Wildman–Crippen MR) is 236 cm³/mol. The average Bonchev–Trinajstić information content (AvgIpc) is 3.95. The minimum Gasteiger partial charge on any atom is -0.456 e. The van der Waals surface area contributed by atoms with Gasteiger partial charge in [-0.2, -0.15) is 0 Å². The zero-order chi connectivity index (χ0) is 37.5. The van der Waals surface area contributed by atoms with Gasteiger partial charge in [0.15, 0.2) is 17.5 Å². The molecule has 0 aliphatic rings. The van der Waals surface area contributed by atoms with Crippen molar-refractivity contribution in [2.45, 2.75) is 0 Å². The Morgan fingerprint density at radius 1 is 0.386 bits per heavy atom. The molecule has 0 atom stereocenters. The maximum atomic E-state index is 6.59. The van der Waals surface area contributed by atoms with Crippen LogP contribution < -0.4 is 0 Å². The molecule has 6 heteroatoms. The van der Waals surface area contributed by atoms with E-state index in [1.165, 1.54) is 42.0 Å². The molecular formula is C51H30N4OS. The van der Waals surface area contributed by atoms with Gasteiger partial charge in [0, 0.05) is 64.1 Å². The van der Waals surface area contributed by atoms with E-state index in [1.807, 2.05) is 60.7 Å². The van der Waals surface area contributed by atoms with Crippen LogP contribution in [0.2, 0.25) is 0 Å². The standard InChI is InChI=1S/C51H30N4OS/c1-3-12-31(13-4-1)49-52-50(32-14-5-2-6-15-32)54-51(53-49)34-23-27-46-41(28-34)48-36(18-11-21-47(48)57-46)33-22-25-39-40-30-35(24-26-44(40)56-45(39)29-33)55-42-19-9-7-16-37(42)38-17-8-10-20-43(38)55/h1-30H. The Labute approximate surface area is 330 Å². The van der Waals surface area contributed by atoms with Gasteiger partial charge >= 0.3 is 0 Å². The maximum Gasteiger partial charge on any atom is 0.164 e. The number of fused-ring (bicyclic) bond motifs is 9. The molecule has 0 saturated carbocycles. The molecule has 0 radical (unpaired) electrons. The van der Waals surface area contributed by atoms with E-state index in [1.54, 1.807) is 11.3 Å². The zero-order valence-electron chi connectivity index (χ0n) is 30.4. The second-order valence-corrected chi connectivity index (χ2v) is 15.5. The molecule has 0 fully saturated rings. The van der Waals surface area contributed by atoms with Gasteiger partial charge in [0.25, 0.3) is 0 Å². The van der Waals surface area contributed by atoms with E-state index in [4.69, 9.17) is 19.4 Å². The summed E-state index contributed by atoms with van der Waals surface area (Å²) in [6.07, 6.45) is 0. The molecule has 0 aliphatic carbocycles. The Morgan fingerprint density at radius 3 is 1.72 bits per heavy atom. The molecule has 8 aromatic carbocycles. The third-order valence-electron chi connectivity index (χ3n) is 11.1. The monoisotopic (exact) mass is 746 g/mol. The van der Waals surface area contributed by atoms with Gasteiger partial charge in [0.1, 0.15) is 11.2 Å². The van der Waals surface area contributed by atoms with Gasteiger partial charge in [0.2, 0.25) is 0 Å². The van der Waals surface area contributed by atoms with Crippen LogP contribution in [0.3, 0.4) is 0 Å². The Morgan fingerprint density at radius 2 is 1.02 bits per heavy atom. The summed E-state index contributed by atoms with van der Waals surface area (Å²) in [6.45, 7) is 0. The number of hydrogen-bond acceptors (Lipinski definition) is 5. The smallest absolute Gasteiger partial charge is 0.164 e. The minimum atomic E-state index is 0.644. The highest BCUT2D eigenvalue weighted by Crippen LogP contribution is 2.43. The lowest BCUT2D eigenvalue weighted by molar-refractivity contribution is 0.669. The molecule has 5 nitrogen and oxygen atoms in total. The third-order valence-corrected chi connectivity index (χ3v) is 12.2. The second kappa shape index (κ2) is 12.6. The van der Waals surface area contributed by atoms with Crippen LogP contribution >= 0.6 is 11.3 Å². The molecule has 0 bridgehead atoms. The van der Waals surface area contributed by atoms with Crippen molar-refractivity contribution < 1.29 is 4.42 Å². The fourth-order valence-corrected chi connectivity index (χ4v) is 9.53. The number of para-hydroxylation sites is 2. The Balaban J connectivity index is 0.991. The Kier molecular flexibility index (Phi) is 7.03. The van der Waals surface area contributed by atoms with Gasteiger partial charge in [-0.1, -0.05) is 115 Å². The first-order chi connectivity index (χ1) is 28.2. The third kappa shape index (κ3) is 5.12. The van der Waals surface area contributed by atoms with Crippen molar-refractivity contribution in [1.82, 2.24) is 19.5 Å². The van der Waals surface area contributed by atoms with Gasteiger partial charge < -0.3 is 8.98 Å². The van der Waals surface area contributed by atoms with Crippen molar-refractivity contribution in [3.8, 4) is 51.0 Å². The minimum absolute atomic E-state index is 0.644. The number of benzene rings is 8. The summed E-state index contributed by atoms with van der Waals surface area (Å²) < 4.78 is 11.4. The summed E-state index contributed by atoms with van der Waals surface area (Å²) in [5, 5.41) is 7.08. The number of furan rings is 1. The first-order valence-electron chi connectivity index (χ1n) is 19.0. The van der Waals surface area contributed by atoms with E-state index >= 15 is 0 Å². The van der Waals surface area contributed by atoms with Gasteiger partial charge in [0.05, 0.1) is 11.0 Å². The molecular weight excluding hydrogens is 717 g/mol. The number of rotatable bonds is 5. The molecule has 0 aliphatic heterocycles. The summed E-state index contributed by atoms with van der Waals surface area (Å²) in [7, 11) is 0. The van der Waals surface area contributed by atoms with Gasteiger partial charge in [-0.05, 0) is 77.9 Å². The van der Waals surface area contributed by atoms with Gasteiger partial charge in [-0.3, -0.25) is 0 Å². The first-order valence-corrected chi connectivity index (χ1v) is 19.8. The highest BCUT2D eigenvalue weighted by Gasteiger charge is 2.18. The van der Waals surface area contributed by atoms with E-state index < -0.39 is 0 Å². The van der Waals surface area contributed by atoms with E-state index in [2.05, 4.69) is 126 Å². The molecule has 12 aromatic rings. The summed E-state index contributed by atoms with van der Waals surface area (Å²) in [6, 6.07) is 63.8. The van der Waals surface area contributed by atoms with E-state index in [0.717, 1.165) is 55.4 Å². The van der Waals surface area contributed by atoms with E-state index in [0.29, 0.717) is 17.5 Å². The van der Waals surface area contributed by atoms with Crippen molar-refractivity contribution in [1.29, 1.82) is 0 Å². The summed E-state index contributed by atoms with van der Waals surface area (Å²) in [5.74, 6) is 1.94. The van der Waals surface area contributed by atoms with Crippen molar-refractivity contribution in [2.75, 3.05) is 0 Å². The van der Waals surface area contributed by atoms with Crippen LogP contribution in [0.5, 0.6) is 0 Å². The zero-order valence-corrected chi connectivity index (χ0v) is 31.2. The van der Waals surface area contributed by atoms with Crippen LogP contribution in [-0.4, -0.2) is 19.5 Å². The molecule has 266 valence electrons. The van der Waals surface area contributed by atoms with Crippen molar-refractivity contribution in [3.05, 3.63) is 182 Å². The van der Waals surface area contributed by atoms with Crippen LogP contribution in [0.25, 0.3) is 115 Å². The average molecular weight is 747 g/mol. The molecule has 0 unspecified atom stereocenters. The van der Waals surface area contributed by atoms with Crippen LogP contribution in [0.4, 0.5) is 0 Å². The van der Waals surface area contributed by atoms with Crippen LogP contribution in [0.15, 0.2) is 186 Å². The van der Waals surface area contributed by atoms with E-state index in [9.17, 15) is 0 Å². The lowest BCUT2D eigenvalue weighted by Gasteiger charge is -2.09. The highest BCUT2D eigenvalue weighted by atomic mass is 32.1. The molecule has 0 N–H and O–H groups in total. The fraction of sp³-hybridized carbons (Fsp3) is 0. The maximum absolute atomic E-state index is 6.59. The van der Waals surface area contributed by atoms with Crippen molar-refractivity contribution in [3.63, 3.8) is 0 Å². The number of nitrogens with zero attached hydrogens (tertiary/aromatic N) is 4. The van der Waals surface area contributed by atoms with Gasteiger partial charge in [-0.15, -0.1) is 11.3 Å². The summed E-state index contributed by atoms with van der Waals surface area (Å²) >= 11 is 1.80. The molecule has 4 aromatic heterocycles. The van der Waals surface area contributed by atoms with E-state index in [-0.39, 0.29) is 0 Å². The van der Waals surface area contributed by atoms with Crippen LogP contribution in [-0.2, 0) is 0 Å². The summed E-state index contributed by atoms with van der Waals surface area (Å²) in [4.78, 5) is 15.0. The lowest BCUT2D eigenvalue weighted by atomic mass is 9.97. The quantitative estimate of drug-likeness (QED) is 0.176. The SMILES string of the molecule is c1ccc(-c2nc(-c3ccccc3)nc(-c3ccc4sc5cccc(-c6ccc7c(c6)oc6ccc(-n8c9ccccc9c9ccccc98)cc67)c5c4c3)n2)cc1. The number of aromatic nitrogens is 4. The summed E-state index contributed by atoms with van der Waals surface area (Å²) in [5.41, 5.74) is 10.4. The molecule has 4 heterocycles. The van der Waals surface area contributed by atoms with Crippen LogP contribution in [0.1, 0.15) is 0 Å². The van der Waals surface area contributed by atoms with Gasteiger partial charge in [-0.25, -0.2) is 15.0 Å². The van der Waals surface area contributed by atoms with Crippen molar-refractivity contribution in [2.24, 2.45) is 0 Å². The predicted octanol–water partition coefficient (Wildman–Crippen LogP) is 13.9. The highest BCUT2D eigenvalue weighted by molar-refractivity contribution is 7.26. The normalized spacial score (nSPS) is 11.9. The Bertz CT molecular complexity index is 3420. The molecule has 0 spiro atoms. The molecule has 12 rings (SSSR count). The molecule has 57 heavy (non-hydrogen) atoms. The fourth-order valence-electron chi connectivity index (χ4n) is 8.42. The Hall–Kier alpha value is -7.41. The molecule has 0 amide bonds. The largest absolute Gasteiger partial charge is 0.456 e. The number of hydrogen-bond donors (Lipinski definition) is 0. The number of thiophene rings is 1. The topological polar surface area (TPSA) is 56.7 Å². The van der Waals surface area contributed by atoms with Crippen LogP contribution in [0, 0.1) is 0 Å². The second-order valence-electron chi connectivity index (χ2n) is 14.4. The molecule has 0 saturated heterocycles. The first kappa shape index (κ1) is 31.9.